The molecule has 2 heterocycles. The lowest BCUT2D eigenvalue weighted by Gasteiger charge is -2.10. The molecule has 0 bridgehead atoms. The van der Waals surface area contributed by atoms with Gasteiger partial charge in [0.1, 0.15) is 18.2 Å². The van der Waals surface area contributed by atoms with Crippen molar-refractivity contribution in [2.45, 2.75) is 6.54 Å². The number of anilines is 1. The fraction of sp³-hybridized carbons (Fsp3) is 0.136. The number of esters is 1. The van der Waals surface area contributed by atoms with Crippen molar-refractivity contribution < 1.29 is 14.3 Å². The molecule has 0 saturated carbocycles. The number of carbonyl (C=O) groups excluding carboxylic acids is 2. The van der Waals surface area contributed by atoms with Crippen LogP contribution in [-0.4, -0.2) is 37.4 Å². The Morgan fingerprint density at radius 2 is 1.78 bits per heavy atom. The van der Waals surface area contributed by atoms with Gasteiger partial charge in [0, 0.05) is 7.05 Å². The van der Waals surface area contributed by atoms with E-state index in [0.29, 0.717) is 16.7 Å². The van der Waals surface area contributed by atoms with E-state index in [-0.39, 0.29) is 23.6 Å². The van der Waals surface area contributed by atoms with Crippen molar-refractivity contribution in [2.75, 3.05) is 11.9 Å². The van der Waals surface area contributed by atoms with E-state index < -0.39 is 18.5 Å². The Morgan fingerprint density at radius 1 is 1.09 bits per heavy atom. The summed E-state index contributed by atoms with van der Waals surface area (Å²) in [7, 11) is 1.61. The topological polar surface area (TPSA) is 124 Å². The molecule has 0 aliphatic carbocycles. The molecule has 4 rings (SSSR count). The minimum absolute atomic E-state index is 0.163. The van der Waals surface area contributed by atoms with Gasteiger partial charge in [-0.1, -0.05) is 30.3 Å². The fourth-order valence-electron chi connectivity index (χ4n) is 3.32. The number of aromatic nitrogens is 4. The van der Waals surface area contributed by atoms with Crippen molar-refractivity contribution in [3.63, 3.8) is 0 Å². The number of carbonyl (C=O) groups is 2. The van der Waals surface area contributed by atoms with Gasteiger partial charge in [-0.2, -0.15) is 10.4 Å². The normalized spacial score (nSPS) is 10.6. The zero-order chi connectivity index (χ0) is 22.7. The molecule has 0 radical (unpaired) electrons. The molecule has 0 spiro atoms. The number of nitrogens with zero attached hydrogens (tertiary/aromatic N) is 5. The minimum atomic E-state index is -0.740. The first-order valence-electron chi connectivity index (χ1n) is 9.63. The highest BCUT2D eigenvalue weighted by Crippen LogP contribution is 2.19. The van der Waals surface area contributed by atoms with Crippen LogP contribution in [0, 0.1) is 11.3 Å². The molecular weight excluding hydrogens is 412 g/mol. The molecule has 1 N–H and O–H groups in total. The molecule has 0 atom stereocenters. The van der Waals surface area contributed by atoms with E-state index in [2.05, 4.69) is 10.4 Å². The number of imidazole rings is 1. The highest BCUT2D eigenvalue weighted by molar-refractivity contribution is 5.93. The Balaban J connectivity index is 1.44. The van der Waals surface area contributed by atoms with Gasteiger partial charge in [-0.25, -0.2) is 9.48 Å². The summed E-state index contributed by atoms with van der Waals surface area (Å²) in [5.41, 5.74) is 1.72. The van der Waals surface area contributed by atoms with E-state index in [1.807, 2.05) is 12.1 Å². The van der Waals surface area contributed by atoms with Crippen LogP contribution in [0.3, 0.4) is 0 Å². The summed E-state index contributed by atoms with van der Waals surface area (Å²) in [6.45, 7) is -0.915. The Hall–Kier alpha value is -4.65. The maximum atomic E-state index is 12.4. The van der Waals surface area contributed by atoms with Crippen molar-refractivity contribution in [1.29, 1.82) is 5.26 Å². The van der Waals surface area contributed by atoms with Crippen molar-refractivity contribution in [3.8, 4) is 11.8 Å². The Bertz CT molecular complexity index is 1410. The lowest BCUT2D eigenvalue weighted by Crippen LogP contribution is -2.28. The number of fused-ring (bicyclic) bond motifs is 1. The second kappa shape index (κ2) is 8.61. The quantitative estimate of drug-likeness (QED) is 0.463. The van der Waals surface area contributed by atoms with E-state index in [0.717, 1.165) is 0 Å². The number of rotatable bonds is 6. The molecule has 0 aliphatic heterocycles. The molecule has 32 heavy (non-hydrogen) atoms. The van der Waals surface area contributed by atoms with Crippen LogP contribution in [0.15, 0.2) is 65.6 Å². The summed E-state index contributed by atoms with van der Waals surface area (Å²) in [5, 5.41) is 16.0. The van der Waals surface area contributed by atoms with Crippen molar-refractivity contribution in [2.24, 2.45) is 7.05 Å². The van der Waals surface area contributed by atoms with Gasteiger partial charge in [-0.3, -0.25) is 18.7 Å². The number of ether oxygens (including phenoxy) is 1. The highest BCUT2D eigenvalue weighted by atomic mass is 16.5. The van der Waals surface area contributed by atoms with Gasteiger partial charge < -0.3 is 10.1 Å². The first kappa shape index (κ1) is 20.6. The van der Waals surface area contributed by atoms with Gasteiger partial charge in [0.05, 0.1) is 22.9 Å². The Kier molecular flexibility index (Phi) is 5.55. The summed E-state index contributed by atoms with van der Waals surface area (Å²) in [4.78, 5) is 37.1. The molecule has 0 saturated heterocycles. The highest BCUT2D eigenvalue weighted by Gasteiger charge is 2.18. The summed E-state index contributed by atoms with van der Waals surface area (Å²) in [6, 6.07) is 18.0. The number of benzene rings is 2. The monoisotopic (exact) mass is 430 g/mol. The standard InChI is InChI=1S/C22H18N6O4/c1-26-17-9-5-6-10-18(17)27(22(26)31)13-20(30)32-14-19(29)25-21-15(11-23)12-24-28(21)16-7-3-2-4-8-16/h2-10,12H,13-14H2,1H3,(H,25,29). The number of hydrogen-bond acceptors (Lipinski definition) is 6. The van der Waals surface area contributed by atoms with Gasteiger partial charge in [-0.15, -0.1) is 0 Å². The number of hydrogen-bond donors (Lipinski definition) is 1. The lowest BCUT2D eigenvalue weighted by molar-refractivity contribution is -0.147. The second-order valence-electron chi connectivity index (χ2n) is 6.89. The van der Waals surface area contributed by atoms with Gasteiger partial charge in [0.25, 0.3) is 5.91 Å². The van der Waals surface area contributed by atoms with Crippen LogP contribution in [0.4, 0.5) is 5.82 Å². The fourth-order valence-corrected chi connectivity index (χ4v) is 3.32. The lowest BCUT2D eigenvalue weighted by atomic mass is 10.3. The molecule has 0 aliphatic rings. The van der Waals surface area contributed by atoms with Crippen molar-refractivity contribution in [1.82, 2.24) is 18.9 Å². The number of nitriles is 1. The number of para-hydroxylation sites is 3. The molecule has 10 nitrogen and oxygen atoms in total. The predicted octanol–water partition coefficient (Wildman–Crippen LogP) is 1.58. The smallest absolute Gasteiger partial charge is 0.329 e. The Labute approximate surface area is 181 Å². The zero-order valence-electron chi connectivity index (χ0n) is 17.1. The third kappa shape index (κ3) is 3.87. The summed E-state index contributed by atoms with van der Waals surface area (Å²) in [6.07, 6.45) is 1.33. The third-order valence-electron chi connectivity index (χ3n) is 4.85. The molecule has 2 aromatic carbocycles. The largest absolute Gasteiger partial charge is 0.454 e. The molecule has 4 aromatic rings. The minimum Gasteiger partial charge on any atom is -0.454 e. The van der Waals surface area contributed by atoms with Crippen LogP contribution in [0.5, 0.6) is 0 Å². The SMILES string of the molecule is Cn1c(=O)n(CC(=O)OCC(=O)Nc2c(C#N)cnn2-c2ccccc2)c2ccccc21. The Morgan fingerprint density at radius 3 is 2.50 bits per heavy atom. The van der Waals surface area contributed by atoms with Crippen LogP contribution in [0.25, 0.3) is 16.7 Å². The third-order valence-corrected chi connectivity index (χ3v) is 4.85. The number of nitrogens with one attached hydrogen (secondary N) is 1. The van der Waals surface area contributed by atoms with Crippen LogP contribution >= 0.6 is 0 Å². The maximum Gasteiger partial charge on any atom is 0.329 e. The first-order chi connectivity index (χ1) is 15.5. The van der Waals surface area contributed by atoms with Crippen molar-refractivity contribution >= 4 is 28.7 Å². The predicted molar refractivity (Wildman–Crippen MR) is 115 cm³/mol. The molecule has 0 fully saturated rings. The first-order valence-corrected chi connectivity index (χ1v) is 9.63. The van der Waals surface area contributed by atoms with Crippen LogP contribution in [0.1, 0.15) is 5.56 Å². The molecule has 0 unspecified atom stereocenters. The molecule has 10 heteroatoms. The molecule has 160 valence electrons. The van der Waals surface area contributed by atoms with E-state index in [1.165, 1.54) is 20.0 Å². The van der Waals surface area contributed by atoms with Crippen LogP contribution in [0.2, 0.25) is 0 Å². The van der Waals surface area contributed by atoms with Crippen molar-refractivity contribution in [3.05, 3.63) is 76.8 Å². The zero-order valence-corrected chi connectivity index (χ0v) is 17.1. The summed E-state index contributed by atoms with van der Waals surface area (Å²) >= 11 is 0. The van der Waals surface area contributed by atoms with Gasteiger partial charge in [-0.05, 0) is 24.3 Å². The van der Waals surface area contributed by atoms with E-state index >= 15 is 0 Å². The number of aryl methyl sites for hydroxylation is 1. The number of amides is 1. The van der Waals surface area contributed by atoms with Crippen LogP contribution < -0.4 is 11.0 Å². The van der Waals surface area contributed by atoms with E-state index in [9.17, 15) is 19.6 Å². The molecule has 2 aromatic heterocycles. The van der Waals surface area contributed by atoms with E-state index in [1.54, 1.807) is 55.6 Å². The van der Waals surface area contributed by atoms with E-state index in [4.69, 9.17) is 4.74 Å². The van der Waals surface area contributed by atoms with Gasteiger partial charge in [0.15, 0.2) is 12.4 Å². The average molecular weight is 430 g/mol. The average Bonchev–Trinajstić information content (AvgIpc) is 3.32. The summed E-state index contributed by atoms with van der Waals surface area (Å²) in [5.74, 6) is -1.21. The summed E-state index contributed by atoms with van der Waals surface area (Å²) < 4.78 is 9.19. The second-order valence-corrected chi connectivity index (χ2v) is 6.89. The molecular formula is C22H18N6O4. The maximum absolute atomic E-state index is 12.4. The van der Waals surface area contributed by atoms with Crippen LogP contribution in [-0.2, 0) is 27.9 Å². The molecule has 1 amide bonds. The van der Waals surface area contributed by atoms with Gasteiger partial charge in [0.2, 0.25) is 0 Å². The van der Waals surface area contributed by atoms with Gasteiger partial charge >= 0.3 is 11.7 Å².